The third-order valence-electron chi connectivity index (χ3n) is 2.01. The molecule has 0 saturated heterocycles. The number of benzene rings is 1. The number of nitrogens with zero attached hydrogens (tertiary/aromatic N) is 2. The highest BCUT2D eigenvalue weighted by atomic mass is 79.9. The van der Waals surface area contributed by atoms with Crippen molar-refractivity contribution in [2.24, 2.45) is 0 Å². The third kappa shape index (κ3) is 3.41. The molecule has 0 atom stereocenters. The maximum Gasteiger partial charge on any atom is 0.230 e. The van der Waals surface area contributed by atoms with Crippen LogP contribution in [0.1, 0.15) is 5.56 Å². The van der Waals surface area contributed by atoms with Gasteiger partial charge < -0.3 is 11.1 Å². The summed E-state index contributed by atoms with van der Waals surface area (Å²) < 4.78 is 1.65. The zero-order chi connectivity index (χ0) is 12.4. The molecule has 0 bridgehead atoms. The summed E-state index contributed by atoms with van der Waals surface area (Å²) in [6.07, 6.45) is 0. The van der Waals surface area contributed by atoms with Crippen LogP contribution in [0.3, 0.4) is 0 Å². The van der Waals surface area contributed by atoms with Crippen molar-refractivity contribution in [2.45, 2.75) is 6.92 Å². The standard InChI is InChI=1S/C11H10Br2N4/c1-6-2-7(12)4-8(3-6)15-11-16-9(13)5-10(14)17-11/h2-5H,1H3,(H3,14,15,16,17). The summed E-state index contributed by atoms with van der Waals surface area (Å²) in [5, 5.41) is 3.10. The molecular weight excluding hydrogens is 348 g/mol. The lowest BCUT2D eigenvalue weighted by Crippen LogP contribution is -2.00. The van der Waals surface area contributed by atoms with Gasteiger partial charge in [0.25, 0.3) is 0 Å². The SMILES string of the molecule is Cc1cc(Br)cc(Nc2nc(N)cc(Br)n2)c1. The van der Waals surface area contributed by atoms with Crippen molar-refractivity contribution in [2.75, 3.05) is 11.1 Å². The number of nitrogens with two attached hydrogens (primary N) is 1. The summed E-state index contributed by atoms with van der Waals surface area (Å²) in [6.45, 7) is 2.02. The van der Waals surface area contributed by atoms with E-state index in [0.717, 1.165) is 15.7 Å². The van der Waals surface area contributed by atoms with Gasteiger partial charge in [-0.1, -0.05) is 15.9 Å². The molecule has 0 amide bonds. The average molecular weight is 358 g/mol. The maximum atomic E-state index is 5.64. The Morgan fingerprint density at radius 3 is 2.53 bits per heavy atom. The number of nitrogen functional groups attached to an aromatic ring is 1. The Balaban J connectivity index is 2.31. The van der Waals surface area contributed by atoms with Gasteiger partial charge in [-0.15, -0.1) is 0 Å². The predicted molar refractivity (Wildman–Crippen MR) is 76.3 cm³/mol. The smallest absolute Gasteiger partial charge is 0.230 e. The molecule has 0 spiro atoms. The summed E-state index contributed by atoms with van der Waals surface area (Å²) in [5.74, 6) is 0.885. The first-order valence-electron chi connectivity index (χ1n) is 4.87. The lowest BCUT2D eigenvalue weighted by Gasteiger charge is -2.07. The number of hydrogen-bond donors (Lipinski definition) is 2. The number of rotatable bonds is 2. The van der Waals surface area contributed by atoms with E-state index in [1.54, 1.807) is 6.07 Å². The van der Waals surface area contributed by atoms with Crippen molar-refractivity contribution >= 4 is 49.3 Å². The van der Waals surface area contributed by atoms with Gasteiger partial charge in [0.1, 0.15) is 10.4 Å². The molecule has 0 aliphatic heterocycles. The van der Waals surface area contributed by atoms with Crippen molar-refractivity contribution in [3.8, 4) is 0 Å². The van der Waals surface area contributed by atoms with Crippen LogP contribution in [0.2, 0.25) is 0 Å². The summed E-state index contributed by atoms with van der Waals surface area (Å²) in [6, 6.07) is 7.64. The molecule has 3 N–H and O–H groups in total. The zero-order valence-electron chi connectivity index (χ0n) is 9.04. The summed E-state index contributed by atoms with van der Waals surface area (Å²) >= 11 is 6.72. The van der Waals surface area contributed by atoms with Crippen molar-refractivity contribution in [3.63, 3.8) is 0 Å². The lowest BCUT2D eigenvalue weighted by atomic mass is 10.2. The van der Waals surface area contributed by atoms with Gasteiger partial charge in [-0.2, -0.15) is 4.98 Å². The van der Waals surface area contributed by atoms with Crippen molar-refractivity contribution in [1.82, 2.24) is 9.97 Å². The van der Waals surface area contributed by atoms with Crippen LogP contribution in [-0.2, 0) is 0 Å². The van der Waals surface area contributed by atoms with Crippen LogP contribution in [-0.4, -0.2) is 9.97 Å². The van der Waals surface area contributed by atoms with Crippen LogP contribution in [0.25, 0.3) is 0 Å². The monoisotopic (exact) mass is 356 g/mol. The van der Waals surface area contributed by atoms with Gasteiger partial charge in [-0.05, 0) is 46.6 Å². The van der Waals surface area contributed by atoms with Crippen LogP contribution >= 0.6 is 31.9 Å². The Morgan fingerprint density at radius 2 is 1.88 bits per heavy atom. The molecule has 0 unspecified atom stereocenters. The summed E-state index contributed by atoms with van der Waals surface area (Å²) in [5.41, 5.74) is 7.70. The molecule has 0 aliphatic rings. The quantitative estimate of drug-likeness (QED) is 0.805. The number of anilines is 3. The van der Waals surface area contributed by atoms with Crippen LogP contribution in [0.5, 0.6) is 0 Å². The molecular formula is C11H10Br2N4. The van der Waals surface area contributed by atoms with E-state index < -0.39 is 0 Å². The van der Waals surface area contributed by atoms with Gasteiger partial charge in [0.15, 0.2) is 0 Å². The van der Waals surface area contributed by atoms with E-state index >= 15 is 0 Å². The van der Waals surface area contributed by atoms with Gasteiger partial charge in [-0.25, -0.2) is 4.98 Å². The fourth-order valence-electron chi connectivity index (χ4n) is 1.43. The normalized spacial score (nSPS) is 10.3. The maximum absolute atomic E-state index is 5.64. The highest BCUT2D eigenvalue weighted by molar-refractivity contribution is 9.10. The van der Waals surface area contributed by atoms with Crippen LogP contribution < -0.4 is 11.1 Å². The topological polar surface area (TPSA) is 63.8 Å². The van der Waals surface area contributed by atoms with Crippen molar-refractivity contribution in [3.05, 3.63) is 38.9 Å². The highest BCUT2D eigenvalue weighted by Crippen LogP contribution is 2.22. The predicted octanol–water partition coefficient (Wildman–Crippen LogP) is 3.64. The number of halogens is 2. The van der Waals surface area contributed by atoms with Crippen molar-refractivity contribution in [1.29, 1.82) is 0 Å². The van der Waals surface area contributed by atoms with E-state index in [1.165, 1.54) is 0 Å². The first-order valence-corrected chi connectivity index (χ1v) is 6.46. The van der Waals surface area contributed by atoms with E-state index in [4.69, 9.17) is 5.73 Å². The van der Waals surface area contributed by atoms with E-state index in [0.29, 0.717) is 16.4 Å². The molecule has 0 radical (unpaired) electrons. The number of aromatic nitrogens is 2. The van der Waals surface area contributed by atoms with E-state index in [9.17, 15) is 0 Å². The Kier molecular flexibility index (Phi) is 3.63. The van der Waals surface area contributed by atoms with Crippen LogP contribution in [0, 0.1) is 6.92 Å². The third-order valence-corrected chi connectivity index (χ3v) is 2.88. The fraction of sp³-hybridized carbons (Fsp3) is 0.0909. The Labute approximate surface area is 116 Å². The van der Waals surface area contributed by atoms with E-state index in [1.807, 2.05) is 25.1 Å². The Bertz CT molecular complexity index is 467. The van der Waals surface area contributed by atoms with Gasteiger partial charge >= 0.3 is 0 Å². The second-order valence-corrected chi connectivity index (χ2v) is 5.31. The van der Waals surface area contributed by atoms with E-state index in [2.05, 4.69) is 47.1 Å². The molecule has 2 rings (SSSR count). The Hall–Kier alpha value is -1.14. The minimum absolute atomic E-state index is 0.418. The second-order valence-electron chi connectivity index (χ2n) is 3.58. The molecule has 1 aromatic heterocycles. The summed E-state index contributed by atoms with van der Waals surface area (Å²) in [7, 11) is 0. The molecule has 4 nitrogen and oxygen atoms in total. The second kappa shape index (κ2) is 5.01. The molecule has 0 aliphatic carbocycles. The van der Waals surface area contributed by atoms with E-state index in [-0.39, 0.29) is 0 Å². The van der Waals surface area contributed by atoms with Crippen LogP contribution in [0.15, 0.2) is 33.3 Å². The average Bonchev–Trinajstić information content (AvgIpc) is 2.13. The molecule has 88 valence electrons. The lowest BCUT2D eigenvalue weighted by molar-refractivity contribution is 1.15. The van der Waals surface area contributed by atoms with Gasteiger partial charge in [-0.3, -0.25) is 0 Å². The van der Waals surface area contributed by atoms with Crippen molar-refractivity contribution < 1.29 is 0 Å². The molecule has 0 fully saturated rings. The van der Waals surface area contributed by atoms with Gasteiger partial charge in [0, 0.05) is 16.2 Å². The highest BCUT2D eigenvalue weighted by Gasteiger charge is 2.02. The Morgan fingerprint density at radius 1 is 1.12 bits per heavy atom. The fourth-order valence-corrected chi connectivity index (χ4v) is 2.44. The first-order chi connectivity index (χ1) is 8.02. The first kappa shape index (κ1) is 12.3. The minimum atomic E-state index is 0.418. The molecule has 17 heavy (non-hydrogen) atoms. The molecule has 6 heteroatoms. The van der Waals surface area contributed by atoms with Gasteiger partial charge in [0.2, 0.25) is 5.95 Å². The summed E-state index contributed by atoms with van der Waals surface area (Å²) in [4.78, 5) is 8.29. The number of aryl methyl sites for hydroxylation is 1. The molecule has 1 heterocycles. The molecule has 0 saturated carbocycles. The van der Waals surface area contributed by atoms with Crippen LogP contribution in [0.4, 0.5) is 17.5 Å². The largest absolute Gasteiger partial charge is 0.383 e. The number of hydrogen-bond acceptors (Lipinski definition) is 4. The number of nitrogens with one attached hydrogen (secondary N) is 1. The molecule has 1 aromatic carbocycles. The molecule has 2 aromatic rings. The van der Waals surface area contributed by atoms with Gasteiger partial charge in [0.05, 0.1) is 0 Å². The minimum Gasteiger partial charge on any atom is -0.383 e. The zero-order valence-corrected chi connectivity index (χ0v) is 12.2.